The van der Waals surface area contributed by atoms with E-state index in [1.807, 2.05) is 42.5 Å². The zero-order chi connectivity index (χ0) is 24.8. The van der Waals surface area contributed by atoms with Gasteiger partial charge in [0, 0.05) is 46.0 Å². The highest BCUT2D eigenvalue weighted by atomic mass is 19.1. The molecule has 0 amide bonds. The Hall–Kier alpha value is -4.54. The number of hydrogen-bond acceptors (Lipinski definition) is 5. The topological polar surface area (TPSA) is 96.7 Å². The first-order chi connectivity index (χ1) is 17.2. The van der Waals surface area contributed by atoms with E-state index in [0.29, 0.717) is 16.9 Å². The molecule has 2 heterocycles. The number of para-hydroxylation sites is 1. The van der Waals surface area contributed by atoms with Crippen molar-refractivity contribution in [1.82, 2.24) is 9.55 Å². The van der Waals surface area contributed by atoms with Crippen LogP contribution in [0.3, 0.4) is 0 Å². The molecule has 0 saturated heterocycles. The number of aldehydes is 1. The van der Waals surface area contributed by atoms with Crippen molar-refractivity contribution in [2.45, 2.75) is 0 Å². The molecule has 0 atom stereocenters. The molecule has 0 aliphatic heterocycles. The third-order valence-electron chi connectivity index (χ3n) is 5.72. The van der Waals surface area contributed by atoms with E-state index in [1.165, 1.54) is 7.05 Å². The smallest absolute Gasteiger partial charge is 0.152 e. The highest BCUT2D eigenvalue weighted by Crippen LogP contribution is 2.38. The van der Waals surface area contributed by atoms with Crippen LogP contribution in [-0.2, 0) is 0 Å². The summed E-state index contributed by atoms with van der Waals surface area (Å²) in [4.78, 5) is 15.7. The molecule has 35 heavy (non-hydrogen) atoms. The lowest BCUT2D eigenvalue weighted by Gasteiger charge is -2.13. The van der Waals surface area contributed by atoms with Crippen LogP contribution < -0.4 is 11.1 Å². The van der Waals surface area contributed by atoms with Crippen molar-refractivity contribution in [2.24, 2.45) is 5.73 Å². The number of carbonyl (C=O) groups is 1. The van der Waals surface area contributed by atoms with Crippen LogP contribution in [0.15, 0.2) is 79.0 Å². The first-order valence-corrected chi connectivity index (χ1v) is 11.1. The molecule has 3 aromatic carbocycles. The second kappa shape index (κ2) is 10.6. The van der Waals surface area contributed by atoms with E-state index < -0.39 is 6.67 Å². The van der Waals surface area contributed by atoms with Crippen molar-refractivity contribution in [1.29, 1.82) is 5.26 Å². The van der Waals surface area contributed by atoms with Gasteiger partial charge in [0.15, 0.2) is 6.29 Å². The molecular formula is C28H24FN5O. The number of rotatable bonds is 6. The number of benzene rings is 3. The Balaban J connectivity index is 0.00000141. The highest BCUT2D eigenvalue weighted by molar-refractivity contribution is 6.15. The fourth-order valence-corrected chi connectivity index (χ4v) is 4.28. The monoisotopic (exact) mass is 465 g/mol. The average Bonchev–Trinajstić information content (AvgIpc) is 3.27. The van der Waals surface area contributed by atoms with Crippen LogP contribution >= 0.6 is 0 Å². The van der Waals surface area contributed by atoms with E-state index in [9.17, 15) is 9.18 Å². The summed E-state index contributed by atoms with van der Waals surface area (Å²) in [7, 11) is 1.50. The lowest BCUT2D eigenvalue weighted by Crippen LogP contribution is -2.06. The quantitative estimate of drug-likeness (QED) is 0.323. The Labute approximate surface area is 202 Å². The van der Waals surface area contributed by atoms with Gasteiger partial charge in [-0.1, -0.05) is 30.3 Å². The summed E-state index contributed by atoms with van der Waals surface area (Å²) in [6.07, 6.45) is 2.49. The van der Waals surface area contributed by atoms with Gasteiger partial charge in [0.05, 0.1) is 11.0 Å². The standard InChI is InChI=1S/C27H19FN4O.CH5N/c28-12-13-30-24-14-21(11-9-19(24)17-33)32-25-6-2-1-4-23(25)27-22(5-3-7-26(27)32)18-8-10-20(15-29)31-16-18;1-2/h1-11,14,16-17,30H,12-13H2;2H2,1H3. The zero-order valence-corrected chi connectivity index (χ0v) is 19.2. The Kier molecular flexibility index (Phi) is 7.15. The fourth-order valence-electron chi connectivity index (χ4n) is 4.28. The maximum atomic E-state index is 12.8. The zero-order valence-electron chi connectivity index (χ0n) is 19.2. The van der Waals surface area contributed by atoms with Gasteiger partial charge in [-0.05, 0) is 55.1 Å². The van der Waals surface area contributed by atoms with Crippen molar-refractivity contribution >= 4 is 33.8 Å². The number of anilines is 1. The molecule has 2 aromatic heterocycles. The molecule has 0 radical (unpaired) electrons. The van der Waals surface area contributed by atoms with E-state index in [-0.39, 0.29) is 6.54 Å². The number of nitrogens with zero attached hydrogens (tertiary/aromatic N) is 3. The lowest BCUT2D eigenvalue weighted by atomic mass is 10.0. The third-order valence-corrected chi connectivity index (χ3v) is 5.72. The third kappa shape index (κ3) is 4.35. The van der Waals surface area contributed by atoms with E-state index in [4.69, 9.17) is 5.26 Å². The fraction of sp³-hybridized carbons (Fsp3) is 0.107. The summed E-state index contributed by atoms with van der Waals surface area (Å²) >= 11 is 0. The molecule has 3 N–H and O–H groups in total. The number of aromatic nitrogens is 2. The predicted octanol–water partition coefficient (Wildman–Crippen LogP) is 5.49. The number of hydrogen-bond donors (Lipinski definition) is 2. The number of nitriles is 1. The largest absolute Gasteiger partial charge is 0.382 e. The number of alkyl halides is 1. The Bertz CT molecular complexity index is 1530. The lowest BCUT2D eigenvalue weighted by molar-refractivity contribution is 0.112. The minimum atomic E-state index is -0.528. The molecule has 0 unspecified atom stereocenters. The van der Waals surface area contributed by atoms with Crippen LogP contribution in [0.5, 0.6) is 0 Å². The minimum absolute atomic E-state index is 0.132. The Morgan fingerprint density at radius 2 is 1.86 bits per heavy atom. The first kappa shape index (κ1) is 23.6. The molecule has 0 aliphatic rings. The van der Waals surface area contributed by atoms with Crippen molar-refractivity contribution in [3.8, 4) is 22.9 Å². The minimum Gasteiger partial charge on any atom is -0.382 e. The number of carbonyl (C=O) groups excluding carboxylic acids is 1. The van der Waals surface area contributed by atoms with Crippen molar-refractivity contribution in [2.75, 3.05) is 25.6 Å². The summed E-state index contributed by atoms with van der Waals surface area (Å²) in [5, 5.41) is 14.2. The van der Waals surface area contributed by atoms with Crippen LogP contribution in [0.4, 0.5) is 10.1 Å². The normalized spacial score (nSPS) is 10.5. The van der Waals surface area contributed by atoms with Crippen LogP contribution in [0.2, 0.25) is 0 Å². The van der Waals surface area contributed by atoms with Gasteiger partial charge in [-0.2, -0.15) is 5.26 Å². The predicted molar refractivity (Wildman–Crippen MR) is 139 cm³/mol. The second-order valence-corrected chi connectivity index (χ2v) is 7.60. The van der Waals surface area contributed by atoms with Gasteiger partial charge in [-0.25, -0.2) is 9.37 Å². The van der Waals surface area contributed by atoms with Crippen LogP contribution in [0.1, 0.15) is 16.1 Å². The molecule has 5 aromatic rings. The van der Waals surface area contributed by atoms with Gasteiger partial charge in [-0.3, -0.25) is 4.79 Å². The molecule has 0 bridgehead atoms. The molecule has 0 spiro atoms. The summed E-state index contributed by atoms with van der Waals surface area (Å²) in [5.74, 6) is 0. The maximum Gasteiger partial charge on any atom is 0.152 e. The van der Waals surface area contributed by atoms with Gasteiger partial charge >= 0.3 is 0 Å². The number of pyridine rings is 1. The molecule has 0 aliphatic carbocycles. The van der Waals surface area contributed by atoms with Crippen molar-refractivity contribution < 1.29 is 9.18 Å². The summed E-state index contributed by atoms with van der Waals surface area (Å²) in [6, 6.07) is 25.4. The molecule has 6 nitrogen and oxygen atoms in total. The van der Waals surface area contributed by atoms with Crippen LogP contribution in [0.25, 0.3) is 38.6 Å². The number of nitrogens with one attached hydrogen (secondary N) is 1. The Morgan fingerprint density at radius 1 is 1.06 bits per heavy atom. The van der Waals surface area contributed by atoms with Crippen molar-refractivity contribution in [3.05, 3.63) is 90.3 Å². The second-order valence-electron chi connectivity index (χ2n) is 7.60. The number of fused-ring (bicyclic) bond motifs is 3. The molecule has 0 saturated carbocycles. The van der Waals surface area contributed by atoms with Gasteiger partial charge < -0.3 is 15.6 Å². The molecule has 174 valence electrons. The van der Waals surface area contributed by atoms with E-state index >= 15 is 0 Å². The van der Waals surface area contributed by atoms with Crippen molar-refractivity contribution in [3.63, 3.8) is 0 Å². The Morgan fingerprint density at radius 3 is 2.57 bits per heavy atom. The van der Waals surface area contributed by atoms with E-state index in [1.54, 1.807) is 18.3 Å². The summed E-state index contributed by atoms with van der Waals surface area (Å²) < 4.78 is 14.9. The number of nitrogens with two attached hydrogens (primary N) is 1. The molecule has 0 fully saturated rings. The SMILES string of the molecule is CN.N#Cc1ccc(-c2cccc3c2c2ccccc2n3-c2ccc(C=O)c(NCCF)c2)cn1. The van der Waals surface area contributed by atoms with Gasteiger partial charge in [-0.15, -0.1) is 0 Å². The van der Waals surface area contributed by atoms with E-state index in [2.05, 4.69) is 44.9 Å². The maximum absolute atomic E-state index is 12.8. The molecule has 5 rings (SSSR count). The van der Waals surface area contributed by atoms with Crippen LogP contribution in [-0.4, -0.2) is 36.1 Å². The molecular weight excluding hydrogens is 441 g/mol. The number of halogens is 1. The summed E-state index contributed by atoms with van der Waals surface area (Å²) in [5.41, 5.74) is 10.8. The van der Waals surface area contributed by atoms with Crippen LogP contribution in [0, 0.1) is 11.3 Å². The first-order valence-electron chi connectivity index (χ1n) is 11.1. The van der Waals surface area contributed by atoms with Gasteiger partial charge in [0.1, 0.15) is 18.4 Å². The highest BCUT2D eigenvalue weighted by Gasteiger charge is 2.17. The van der Waals surface area contributed by atoms with Gasteiger partial charge in [0.25, 0.3) is 0 Å². The summed E-state index contributed by atoms with van der Waals surface area (Å²) in [6.45, 7) is -0.396. The van der Waals surface area contributed by atoms with E-state index in [0.717, 1.165) is 44.9 Å². The van der Waals surface area contributed by atoms with Gasteiger partial charge in [0.2, 0.25) is 0 Å². The molecule has 7 heteroatoms. The average molecular weight is 466 g/mol.